The van der Waals surface area contributed by atoms with Gasteiger partial charge >= 0.3 is 24.2 Å². The van der Waals surface area contributed by atoms with Gasteiger partial charge < -0.3 is 0 Å². The summed E-state index contributed by atoms with van der Waals surface area (Å²) in [6.45, 7) is 2.98. The van der Waals surface area contributed by atoms with Crippen LogP contribution in [0.15, 0.2) is 166 Å². The van der Waals surface area contributed by atoms with Crippen LogP contribution in [-0.4, -0.2) is 41.0 Å². The van der Waals surface area contributed by atoms with Crippen molar-refractivity contribution in [3.63, 3.8) is 0 Å². The fraction of sp³-hybridized carbons (Fsp3) is 0.125. The molecule has 0 radical (unpaired) electrons. The molecule has 0 bridgehead atoms. The van der Waals surface area contributed by atoms with Crippen molar-refractivity contribution in [2.45, 2.75) is 49.1 Å². The summed E-state index contributed by atoms with van der Waals surface area (Å²) >= 11 is 0. The summed E-state index contributed by atoms with van der Waals surface area (Å²) in [5.74, 6) is -4.02. The highest BCUT2D eigenvalue weighted by Crippen LogP contribution is 2.42. The number of sulfone groups is 2. The van der Waals surface area contributed by atoms with Crippen molar-refractivity contribution >= 4 is 54.0 Å². The van der Waals surface area contributed by atoms with Crippen LogP contribution in [0, 0.1) is 13.8 Å². The third-order valence-corrected chi connectivity index (χ3v) is 13.4. The first kappa shape index (κ1) is 45.3. The Hall–Kier alpha value is -6.78. The van der Waals surface area contributed by atoms with E-state index in [9.17, 15) is 52.8 Å². The summed E-state index contributed by atoms with van der Waals surface area (Å²) < 4.78 is 133. The number of para-hydroxylation sites is 2. The summed E-state index contributed by atoms with van der Waals surface area (Å²) in [4.78, 5) is 25.9. The van der Waals surface area contributed by atoms with Crippen LogP contribution >= 0.6 is 0 Å². The lowest BCUT2D eigenvalue weighted by Gasteiger charge is -2.24. The van der Waals surface area contributed by atoms with E-state index in [4.69, 9.17) is 0 Å². The molecule has 0 saturated carbocycles. The van der Waals surface area contributed by atoms with Gasteiger partial charge in [0.15, 0.2) is 19.7 Å². The molecule has 8 rings (SSSR count). The molecule has 0 N–H and O–H groups in total. The number of rotatable bonds is 4. The second-order valence-electron chi connectivity index (χ2n) is 14.9. The highest BCUT2D eigenvalue weighted by Gasteiger charge is 2.46. The van der Waals surface area contributed by atoms with E-state index in [0.29, 0.717) is 32.1 Å². The van der Waals surface area contributed by atoms with Crippen LogP contribution in [0.1, 0.15) is 44.5 Å². The molecule has 0 unspecified atom stereocenters. The zero-order valence-corrected chi connectivity index (χ0v) is 35.5. The number of benzene rings is 6. The molecule has 16 heteroatoms. The van der Waals surface area contributed by atoms with Gasteiger partial charge in [-0.3, -0.25) is 19.4 Å². The van der Waals surface area contributed by atoms with Crippen LogP contribution in [0.3, 0.4) is 0 Å². The lowest BCUT2D eigenvalue weighted by Crippen LogP contribution is -2.40. The average molecular weight is 915 g/mol. The number of anilines is 2. The molecule has 6 aromatic rings. The number of aryl methyl sites for hydroxylation is 2. The molecule has 2 amide bonds. The van der Waals surface area contributed by atoms with Gasteiger partial charge in [-0.15, -0.1) is 0 Å². The zero-order chi connectivity index (χ0) is 46.2. The van der Waals surface area contributed by atoms with E-state index < -0.39 is 43.8 Å². The van der Waals surface area contributed by atoms with Crippen molar-refractivity contribution in [2.75, 3.05) is 9.80 Å². The predicted octanol–water partition coefficient (Wildman–Crippen LogP) is 10.5. The van der Waals surface area contributed by atoms with E-state index in [1.807, 2.05) is 13.8 Å². The molecule has 2 heterocycles. The summed E-state index contributed by atoms with van der Waals surface area (Å²) in [5, 5.41) is 2.13. The van der Waals surface area contributed by atoms with Crippen molar-refractivity contribution in [1.82, 2.24) is 0 Å². The van der Waals surface area contributed by atoms with Gasteiger partial charge in [0.1, 0.15) is 0 Å². The van der Waals surface area contributed by atoms with Crippen LogP contribution in [0.4, 0.5) is 37.7 Å². The lowest BCUT2D eigenvalue weighted by atomic mass is 9.96. The third kappa shape index (κ3) is 9.43. The fourth-order valence-electron chi connectivity index (χ4n) is 7.34. The molecule has 2 aliphatic heterocycles. The number of alkyl halides is 6. The molecule has 2 aliphatic rings. The monoisotopic (exact) mass is 914 g/mol. The Morgan fingerprint density at radius 2 is 0.750 bits per heavy atom. The van der Waals surface area contributed by atoms with Crippen molar-refractivity contribution in [3.05, 3.63) is 201 Å². The first-order valence-electron chi connectivity index (χ1n) is 19.4. The molecule has 0 saturated heterocycles. The largest absolute Gasteiger partial charge is 0.471 e. The number of nitrogens with zero attached hydrogens (tertiary/aromatic N) is 2. The Balaban J connectivity index is 0.000000191. The van der Waals surface area contributed by atoms with Crippen LogP contribution < -0.4 is 9.80 Å². The molecular weight excluding hydrogens is 879 g/mol. The Bertz CT molecular complexity index is 2860. The second-order valence-corrected chi connectivity index (χ2v) is 18.5. The maximum absolute atomic E-state index is 13.4. The van der Waals surface area contributed by atoms with Crippen LogP contribution in [0.2, 0.25) is 0 Å². The minimum Gasteiger partial charge on any atom is -0.300 e. The normalized spacial score (nSPS) is 15.1. The molecule has 0 atom stereocenters. The highest BCUT2D eigenvalue weighted by atomic mass is 32.2. The van der Waals surface area contributed by atoms with Gasteiger partial charge in [-0.25, -0.2) is 16.8 Å². The van der Waals surface area contributed by atoms with Crippen LogP contribution in [-0.2, 0) is 42.4 Å². The molecule has 64 heavy (non-hydrogen) atoms. The number of hydrogen-bond donors (Lipinski definition) is 0. The SMILES string of the molecule is Cc1ccc(S(=O)(=O)/C=C2/c3ccccc3CN(C(=O)C(F)(F)F)c3ccccc32)cc1.Cc1ccc(S(=O)(=O)/C=C2/c3ccccc3CN(C(=O)C(F)(F)F)c3ccccc32)cc1. The van der Waals surface area contributed by atoms with Gasteiger partial charge in [-0.1, -0.05) is 120 Å². The minimum atomic E-state index is -5.08. The van der Waals surface area contributed by atoms with E-state index in [-0.39, 0.29) is 56.5 Å². The molecule has 6 aromatic carbocycles. The predicted molar refractivity (Wildman–Crippen MR) is 231 cm³/mol. The lowest BCUT2D eigenvalue weighted by molar-refractivity contribution is -0.170. The van der Waals surface area contributed by atoms with Gasteiger partial charge in [-0.05, 0) is 72.5 Å². The summed E-state index contributed by atoms with van der Waals surface area (Å²) in [6, 6.07) is 37.7. The molecular formula is C48H36F6N2O6S2. The van der Waals surface area contributed by atoms with E-state index >= 15 is 0 Å². The maximum Gasteiger partial charge on any atom is 0.471 e. The first-order chi connectivity index (χ1) is 30.2. The standard InChI is InChI=1S/2C24H18F3NO3S/c2*1-16-10-12-18(13-11-16)32(30,31)15-21-19-7-3-2-6-17(19)14-28(23(29)24(25,26)27)22-9-5-4-8-20(21)22/h2*2-13,15H,14H2,1H3/b2*21-15-. The molecule has 0 spiro atoms. The topological polar surface area (TPSA) is 109 Å². The van der Waals surface area contributed by atoms with Gasteiger partial charge in [0.05, 0.1) is 34.3 Å². The summed E-state index contributed by atoms with van der Waals surface area (Å²) in [5.41, 5.74) is 4.42. The Labute approximate surface area is 365 Å². The molecule has 0 fully saturated rings. The zero-order valence-electron chi connectivity index (χ0n) is 33.9. The van der Waals surface area contributed by atoms with Gasteiger partial charge in [0.25, 0.3) is 0 Å². The van der Waals surface area contributed by atoms with Gasteiger partial charge in [-0.2, -0.15) is 26.3 Å². The number of carbonyl (C=O) groups excluding carboxylic acids is 2. The van der Waals surface area contributed by atoms with Crippen molar-refractivity contribution in [2.24, 2.45) is 0 Å². The number of halogens is 6. The Kier molecular flexibility index (Phi) is 12.3. The quantitative estimate of drug-likeness (QED) is 0.163. The number of amides is 2. The number of carbonyl (C=O) groups is 2. The van der Waals surface area contributed by atoms with Crippen LogP contribution in [0.5, 0.6) is 0 Å². The molecule has 0 aliphatic carbocycles. The molecule has 328 valence electrons. The van der Waals surface area contributed by atoms with E-state index in [1.54, 1.807) is 84.9 Å². The van der Waals surface area contributed by atoms with Crippen LogP contribution in [0.25, 0.3) is 11.1 Å². The second kappa shape index (κ2) is 17.4. The highest BCUT2D eigenvalue weighted by molar-refractivity contribution is 7.94. The van der Waals surface area contributed by atoms with Gasteiger partial charge in [0.2, 0.25) is 0 Å². The summed E-state index contributed by atoms with van der Waals surface area (Å²) in [6.07, 6.45) is -10.2. The number of fused-ring (bicyclic) bond motifs is 4. The van der Waals surface area contributed by atoms with E-state index in [1.165, 1.54) is 60.7 Å². The van der Waals surface area contributed by atoms with Crippen molar-refractivity contribution in [3.8, 4) is 0 Å². The first-order valence-corrected chi connectivity index (χ1v) is 22.4. The maximum atomic E-state index is 13.4. The number of hydrogen-bond acceptors (Lipinski definition) is 6. The van der Waals surface area contributed by atoms with E-state index in [2.05, 4.69) is 0 Å². The fourth-order valence-corrected chi connectivity index (χ4v) is 9.77. The van der Waals surface area contributed by atoms with Crippen molar-refractivity contribution in [1.29, 1.82) is 0 Å². The van der Waals surface area contributed by atoms with Crippen molar-refractivity contribution < 1.29 is 52.8 Å². The van der Waals surface area contributed by atoms with E-state index in [0.717, 1.165) is 21.9 Å². The average Bonchev–Trinajstić information content (AvgIpc) is 3.47. The smallest absolute Gasteiger partial charge is 0.300 e. The third-order valence-electron chi connectivity index (χ3n) is 10.5. The minimum absolute atomic E-state index is 0.00335. The molecule has 8 nitrogen and oxygen atoms in total. The Morgan fingerprint density at radius 1 is 0.453 bits per heavy atom. The Morgan fingerprint density at radius 3 is 1.08 bits per heavy atom. The van der Waals surface area contributed by atoms with Gasteiger partial charge in [0, 0.05) is 33.1 Å². The molecule has 0 aromatic heterocycles. The summed E-state index contributed by atoms with van der Waals surface area (Å²) in [7, 11) is -7.86.